The topological polar surface area (TPSA) is 47.6 Å². The van der Waals surface area contributed by atoms with Gasteiger partial charge in [-0.1, -0.05) is 12.1 Å². The van der Waals surface area contributed by atoms with Gasteiger partial charge in [-0.15, -0.1) is 0 Å². The maximum absolute atomic E-state index is 12.1. The van der Waals surface area contributed by atoms with Crippen molar-refractivity contribution in [2.75, 3.05) is 14.2 Å². The lowest BCUT2D eigenvalue weighted by Gasteiger charge is -2.28. The lowest BCUT2D eigenvalue weighted by molar-refractivity contribution is -0.142. The summed E-state index contributed by atoms with van der Waals surface area (Å²) < 4.78 is 33.1. The smallest absolute Gasteiger partial charge is 0.387 e. The number of nitrogens with one attached hydrogen (secondary N) is 1. The summed E-state index contributed by atoms with van der Waals surface area (Å²) in [4.78, 5) is 11.4. The van der Waals surface area contributed by atoms with Crippen molar-refractivity contribution in [2.24, 2.45) is 0 Å². The number of benzene rings is 1. The van der Waals surface area contributed by atoms with Gasteiger partial charge in [0.2, 0.25) is 0 Å². The predicted molar refractivity (Wildman–Crippen MR) is 75.5 cm³/mol. The molecule has 0 fully saturated rings. The second kappa shape index (κ2) is 7.93. The Morgan fingerprint density at radius 1 is 1.33 bits per heavy atom. The fourth-order valence-electron chi connectivity index (χ4n) is 1.95. The minimum Gasteiger partial charge on any atom is -0.469 e. The van der Waals surface area contributed by atoms with Crippen LogP contribution in [0.2, 0.25) is 0 Å². The fourth-order valence-corrected chi connectivity index (χ4v) is 1.95. The summed E-state index contributed by atoms with van der Waals surface area (Å²) in [7, 11) is 3.16. The maximum Gasteiger partial charge on any atom is 0.387 e. The Balaban J connectivity index is 2.58. The van der Waals surface area contributed by atoms with Gasteiger partial charge in [0.25, 0.3) is 0 Å². The molecule has 6 heteroatoms. The van der Waals surface area contributed by atoms with Gasteiger partial charge in [-0.05, 0) is 44.5 Å². The van der Waals surface area contributed by atoms with Crippen LogP contribution in [0.15, 0.2) is 24.3 Å². The molecule has 0 bridgehead atoms. The molecule has 0 heterocycles. The zero-order chi connectivity index (χ0) is 15.9. The van der Waals surface area contributed by atoms with E-state index < -0.39 is 6.61 Å². The molecule has 0 spiro atoms. The molecule has 1 rings (SSSR count). The van der Waals surface area contributed by atoms with Crippen LogP contribution in [0.3, 0.4) is 0 Å². The zero-order valence-corrected chi connectivity index (χ0v) is 12.5. The van der Waals surface area contributed by atoms with Gasteiger partial charge in [-0.2, -0.15) is 8.78 Å². The lowest BCUT2D eigenvalue weighted by Crippen LogP contribution is -2.42. The van der Waals surface area contributed by atoms with Gasteiger partial charge in [0.05, 0.1) is 13.5 Å². The van der Waals surface area contributed by atoms with E-state index in [1.165, 1.54) is 19.2 Å². The number of hydrogen-bond donors (Lipinski definition) is 1. The fraction of sp³-hybridized carbons (Fsp3) is 0.533. The molecular formula is C15H21F2NO3. The average Bonchev–Trinajstić information content (AvgIpc) is 2.46. The van der Waals surface area contributed by atoms with Crippen molar-refractivity contribution in [1.82, 2.24) is 5.32 Å². The molecule has 0 aliphatic carbocycles. The molecule has 0 aliphatic rings. The van der Waals surface area contributed by atoms with Crippen molar-refractivity contribution in [3.8, 4) is 5.75 Å². The summed E-state index contributed by atoms with van der Waals surface area (Å²) in [5, 5.41) is 3.13. The predicted octanol–water partition coefficient (Wildman–Crippen LogP) is 2.76. The van der Waals surface area contributed by atoms with E-state index in [-0.39, 0.29) is 23.7 Å². The summed E-state index contributed by atoms with van der Waals surface area (Å²) >= 11 is 0. The van der Waals surface area contributed by atoms with E-state index in [1.807, 2.05) is 6.92 Å². The van der Waals surface area contributed by atoms with Gasteiger partial charge in [0.15, 0.2) is 0 Å². The third-order valence-electron chi connectivity index (χ3n) is 3.48. The highest BCUT2D eigenvalue weighted by Crippen LogP contribution is 2.20. The molecule has 1 aromatic carbocycles. The molecule has 0 saturated heterocycles. The van der Waals surface area contributed by atoms with Gasteiger partial charge in [0.1, 0.15) is 5.75 Å². The van der Waals surface area contributed by atoms with Crippen molar-refractivity contribution in [2.45, 2.75) is 38.3 Å². The van der Waals surface area contributed by atoms with Crippen LogP contribution < -0.4 is 10.1 Å². The van der Waals surface area contributed by atoms with E-state index in [9.17, 15) is 13.6 Å². The van der Waals surface area contributed by atoms with Gasteiger partial charge in [-0.3, -0.25) is 4.79 Å². The van der Waals surface area contributed by atoms with Crippen LogP contribution in [0.5, 0.6) is 5.75 Å². The third kappa shape index (κ3) is 6.08. The Morgan fingerprint density at radius 3 is 2.43 bits per heavy atom. The molecule has 0 amide bonds. The number of carbonyl (C=O) groups excluding carboxylic acids is 1. The Labute approximate surface area is 123 Å². The molecule has 4 nitrogen and oxygen atoms in total. The quantitative estimate of drug-likeness (QED) is 0.750. The SMILES string of the molecule is CNC(C)(CCc1ccc(OC(F)F)cc1)CC(=O)OC. The highest BCUT2D eigenvalue weighted by atomic mass is 19.3. The minimum absolute atomic E-state index is 0.139. The van der Waals surface area contributed by atoms with Crippen LogP contribution in [0.4, 0.5) is 8.78 Å². The molecule has 0 aliphatic heterocycles. The largest absolute Gasteiger partial charge is 0.469 e. The van der Waals surface area contributed by atoms with Crippen molar-refractivity contribution in [3.63, 3.8) is 0 Å². The van der Waals surface area contributed by atoms with Crippen molar-refractivity contribution in [3.05, 3.63) is 29.8 Å². The van der Waals surface area contributed by atoms with Crippen LogP contribution in [-0.4, -0.2) is 32.3 Å². The number of carbonyl (C=O) groups is 1. The Bertz CT molecular complexity index is 451. The molecule has 21 heavy (non-hydrogen) atoms. The summed E-state index contributed by atoms with van der Waals surface area (Å²) in [6.07, 6.45) is 1.70. The van der Waals surface area contributed by atoms with Crippen molar-refractivity contribution < 1.29 is 23.0 Å². The molecule has 118 valence electrons. The van der Waals surface area contributed by atoms with E-state index in [0.29, 0.717) is 12.8 Å². The van der Waals surface area contributed by atoms with Crippen LogP contribution in [0, 0.1) is 0 Å². The van der Waals surface area contributed by atoms with Crippen molar-refractivity contribution in [1.29, 1.82) is 0 Å². The monoisotopic (exact) mass is 301 g/mol. The number of rotatable bonds is 8. The van der Waals surface area contributed by atoms with E-state index in [1.54, 1.807) is 19.2 Å². The molecule has 0 radical (unpaired) electrons. The number of halogens is 2. The van der Waals surface area contributed by atoms with Gasteiger partial charge in [-0.25, -0.2) is 0 Å². The van der Waals surface area contributed by atoms with E-state index in [2.05, 4.69) is 14.8 Å². The molecule has 1 aromatic rings. The first-order valence-electron chi connectivity index (χ1n) is 6.68. The highest BCUT2D eigenvalue weighted by Gasteiger charge is 2.25. The van der Waals surface area contributed by atoms with E-state index >= 15 is 0 Å². The zero-order valence-electron chi connectivity index (χ0n) is 12.5. The summed E-state index contributed by atoms with van der Waals surface area (Å²) in [5.74, 6) is -0.132. The maximum atomic E-state index is 12.1. The second-order valence-corrected chi connectivity index (χ2v) is 5.09. The first-order chi connectivity index (χ1) is 9.88. The Hall–Kier alpha value is -1.69. The summed E-state index contributed by atoms with van der Waals surface area (Å²) in [5.41, 5.74) is 0.619. The standard InChI is InChI=1S/C15H21F2NO3/c1-15(18-2,10-13(19)20-3)9-8-11-4-6-12(7-5-11)21-14(16)17/h4-7,14,18H,8-10H2,1-3H3. The molecular weight excluding hydrogens is 280 g/mol. The third-order valence-corrected chi connectivity index (χ3v) is 3.48. The number of esters is 1. The van der Waals surface area contributed by atoms with Crippen LogP contribution in [0.25, 0.3) is 0 Å². The Morgan fingerprint density at radius 2 is 1.95 bits per heavy atom. The lowest BCUT2D eigenvalue weighted by atomic mass is 9.90. The second-order valence-electron chi connectivity index (χ2n) is 5.09. The number of hydrogen-bond acceptors (Lipinski definition) is 4. The molecule has 0 saturated carbocycles. The first kappa shape index (κ1) is 17.4. The van der Waals surface area contributed by atoms with E-state index in [0.717, 1.165) is 5.56 Å². The number of alkyl halides is 2. The summed E-state index contributed by atoms with van der Waals surface area (Å²) in [6, 6.07) is 6.51. The van der Waals surface area contributed by atoms with Crippen LogP contribution in [0.1, 0.15) is 25.3 Å². The van der Waals surface area contributed by atoms with Gasteiger partial charge in [0, 0.05) is 5.54 Å². The molecule has 1 atom stereocenters. The van der Waals surface area contributed by atoms with Gasteiger partial charge < -0.3 is 14.8 Å². The summed E-state index contributed by atoms with van der Waals surface area (Å²) in [6.45, 7) is -0.874. The molecule has 0 aromatic heterocycles. The first-order valence-corrected chi connectivity index (χ1v) is 6.68. The molecule has 1 unspecified atom stereocenters. The van der Waals surface area contributed by atoms with Crippen LogP contribution >= 0.6 is 0 Å². The highest BCUT2D eigenvalue weighted by molar-refractivity contribution is 5.70. The van der Waals surface area contributed by atoms with Crippen LogP contribution in [-0.2, 0) is 16.0 Å². The number of ether oxygens (including phenoxy) is 2. The number of methoxy groups -OCH3 is 1. The normalized spacial score (nSPS) is 13.8. The minimum atomic E-state index is -2.82. The van der Waals surface area contributed by atoms with Crippen molar-refractivity contribution >= 4 is 5.97 Å². The average molecular weight is 301 g/mol. The molecule has 1 N–H and O–H groups in total. The Kier molecular flexibility index (Phi) is 6.55. The number of aryl methyl sites for hydroxylation is 1. The van der Waals surface area contributed by atoms with Gasteiger partial charge >= 0.3 is 12.6 Å². The van der Waals surface area contributed by atoms with E-state index in [4.69, 9.17) is 0 Å².